The summed E-state index contributed by atoms with van der Waals surface area (Å²) in [6, 6.07) is 3.41. The third-order valence-electron chi connectivity index (χ3n) is 4.88. The van der Waals surface area contributed by atoms with Crippen molar-refractivity contribution < 1.29 is 23.7 Å². The number of esters is 1. The van der Waals surface area contributed by atoms with Crippen molar-refractivity contribution in [3.63, 3.8) is 0 Å². The van der Waals surface area contributed by atoms with Gasteiger partial charge in [-0.15, -0.1) is 12.4 Å². The van der Waals surface area contributed by atoms with Crippen LogP contribution < -0.4 is 14.9 Å². The predicted molar refractivity (Wildman–Crippen MR) is 105 cm³/mol. The van der Waals surface area contributed by atoms with Crippen LogP contribution in [0.3, 0.4) is 0 Å². The Bertz CT molecular complexity index is 923. The molecule has 0 saturated carbocycles. The van der Waals surface area contributed by atoms with Crippen molar-refractivity contribution in [1.29, 1.82) is 0 Å². The molecule has 2 aromatic rings. The number of ether oxygens (including phenoxy) is 4. The number of pyridine rings is 1. The minimum Gasteiger partial charge on any atom is -0.461 e. The molecule has 2 aliphatic heterocycles. The van der Waals surface area contributed by atoms with E-state index < -0.39 is 5.97 Å². The molecule has 28 heavy (non-hydrogen) atoms. The summed E-state index contributed by atoms with van der Waals surface area (Å²) in [5.74, 6) is 0.514. The Morgan fingerprint density at radius 2 is 1.89 bits per heavy atom. The van der Waals surface area contributed by atoms with Crippen LogP contribution in [0.4, 0.5) is 0 Å². The quantitative estimate of drug-likeness (QED) is 0.693. The van der Waals surface area contributed by atoms with Gasteiger partial charge in [0.15, 0.2) is 11.5 Å². The van der Waals surface area contributed by atoms with Crippen LogP contribution in [0.5, 0.6) is 11.5 Å². The van der Waals surface area contributed by atoms with Gasteiger partial charge in [-0.2, -0.15) is 0 Å². The van der Waals surface area contributed by atoms with Gasteiger partial charge < -0.3 is 23.5 Å². The second-order valence-corrected chi connectivity index (χ2v) is 6.47. The lowest BCUT2D eigenvalue weighted by Gasteiger charge is -2.26. The highest BCUT2D eigenvalue weighted by Crippen LogP contribution is 2.35. The number of hydrogen-bond donors (Lipinski definition) is 0. The lowest BCUT2D eigenvalue weighted by Crippen LogP contribution is -2.38. The third kappa shape index (κ3) is 3.94. The molecule has 2 aliphatic rings. The highest BCUT2D eigenvalue weighted by molar-refractivity contribution is 5.94. The molecule has 1 fully saturated rings. The summed E-state index contributed by atoms with van der Waals surface area (Å²) in [6.07, 6.45) is 1.56. The molecule has 8 nitrogen and oxygen atoms in total. The van der Waals surface area contributed by atoms with E-state index in [1.807, 2.05) is 11.5 Å². The fourth-order valence-electron chi connectivity index (χ4n) is 3.36. The topological polar surface area (TPSA) is 79.2 Å². The van der Waals surface area contributed by atoms with Gasteiger partial charge in [-0.1, -0.05) is 0 Å². The van der Waals surface area contributed by atoms with Crippen LogP contribution in [0, 0.1) is 0 Å². The number of nitrogens with zero attached hydrogens (tertiary/aromatic N) is 2. The van der Waals surface area contributed by atoms with Crippen molar-refractivity contribution in [3.05, 3.63) is 34.1 Å². The smallest absolute Gasteiger partial charge is 0.343 e. The van der Waals surface area contributed by atoms with E-state index in [-0.39, 0.29) is 36.8 Å². The summed E-state index contributed by atoms with van der Waals surface area (Å²) in [5, 5.41) is 0.420. The van der Waals surface area contributed by atoms with Crippen molar-refractivity contribution in [2.75, 3.05) is 46.2 Å². The first-order valence-electron chi connectivity index (χ1n) is 9.11. The zero-order valence-electron chi connectivity index (χ0n) is 15.6. The number of rotatable bonds is 5. The van der Waals surface area contributed by atoms with Crippen molar-refractivity contribution >= 4 is 29.3 Å². The summed E-state index contributed by atoms with van der Waals surface area (Å²) in [6.45, 7) is 6.57. The molecule has 3 heterocycles. The number of halogens is 1. The molecule has 0 aliphatic carbocycles. The molecule has 1 saturated heterocycles. The van der Waals surface area contributed by atoms with Gasteiger partial charge in [-0.3, -0.25) is 9.69 Å². The number of aryl methyl sites for hydroxylation is 1. The minimum atomic E-state index is -0.602. The summed E-state index contributed by atoms with van der Waals surface area (Å²) in [7, 11) is 0. The van der Waals surface area contributed by atoms with Crippen LogP contribution in [-0.2, 0) is 16.0 Å². The number of aromatic nitrogens is 1. The number of carbonyl (C=O) groups is 1. The molecule has 4 rings (SSSR count). The molecule has 0 radical (unpaired) electrons. The molecule has 0 N–H and O–H groups in total. The highest BCUT2D eigenvalue weighted by atomic mass is 35.5. The van der Waals surface area contributed by atoms with Gasteiger partial charge in [0.25, 0.3) is 0 Å². The Labute approximate surface area is 168 Å². The Kier molecular flexibility index (Phi) is 6.43. The average Bonchev–Trinajstić information content (AvgIpc) is 3.15. The van der Waals surface area contributed by atoms with E-state index in [0.29, 0.717) is 48.7 Å². The highest BCUT2D eigenvalue weighted by Gasteiger charge is 2.21. The van der Waals surface area contributed by atoms with Gasteiger partial charge >= 0.3 is 5.97 Å². The largest absolute Gasteiger partial charge is 0.461 e. The second kappa shape index (κ2) is 8.81. The van der Waals surface area contributed by atoms with Crippen molar-refractivity contribution in [2.24, 2.45) is 0 Å². The normalized spacial score (nSPS) is 16.0. The first kappa shape index (κ1) is 20.4. The van der Waals surface area contributed by atoms with Crippen LogP contribution in [0.15, 0.2) is 23.1 Å². The fraction of sp³-hybridized carbons (Fsp3) is 0.474. The molecule has 9 heteroatoms. The molecular formula is C19H23ClN2O6. The average molecular weight is 411 g/mol. The van der Waals surface area contributed by atoms with E-state index in [1.165, 1.54) is 0 Å². The Morgan fingerprint density at radius 3 is 2.61 bits per heavy atom. The van der Waals surface area contributed by atoms with E-state index in [1.54, 1.807) is 18.3 Å². The summed E-state index contributed by atoms with van der Waals surface area (Å²) < 4.78 is 23.3. The van der Waals surface area contributed by atoms with Crippen LogP contribution >= 0.6 is 12.4 Å². The SMILES string of the molecule is CCn1cc(C(=O)OCCN2CCOCC2)c(=O)c2cc3c(cc21)OCO3.Cl. The monoisotopic (exact) mass is 410 g/mol. The van der Waals surface area contributed by atoms with Crippen molar-refractivity contribution in [2.45, 2.75) is 13.5 Å². The molecule has 152 valence electrons. The van der Waals surface area contributed by atoms with Gasteiger partial charge in [0, 0.05) is 38.4 Å². The van der Waals surface area contributed by atoms with E-state index >= 15 is 0 Å². The maximum absolute atomic E-state index is 12.9. The van der Waals surface area contributed by atoms with Gasteiger partial charge in [0.2, 0.25) is 12.2 Å². The third-order valence-corrected chi connectivity index (χ3v) is 4.88. The lowest BCUT2D eigenvalue weighted by molar-refractivity contribution is 0.0195. The summed E-state index contributed by atoms with van der Waals surface area (Å²) in [5.41, 5.74) is 0.381. The van der Waals surface area contributed by atoms with Gasteiger partial charge in [0.05, 0.1) is 24.1 Å². The predicted octanol–water partition coefficient (Wildman–Crippen LogP) is 1.66. The standard InChI is InChI=1S/C19H22N2O6.ClH/c1-2-21-11-14(19(23)25-8-5-20-3-6-24-7-4-20)18(22)13-9-16-17(10-15(13)21)27-12-26-16;/h9-11H,2-8,12H2,1H3;1H. The Balaban J connectivity index is 0.00000225. The van der Waals surface area contributed by atoms with E-state index in [2.05, 4.69) is 4.90 Å². The Morgan fingerprint density at radius 1 is 1.18 bits per heavy atom. The summed E-state index contributed by atoms with van der Waals surface area (Å²) in [4.78, 5) is 27.6. The first-order chi connectivity index (χ1) is 13.2. The van der Waals surface area contributed by atoms with Gasteiger partial charge in [-0.05, 0) is 13.0 Å². The number of benzene rings is 1. The zero-order valence-corrected chi connectivity index (χ0v) is 16.5. The van der Waals surface area contributed by atoms with Crippen LogP contribution in [0.1, 0.15) is 17.3 Å². The number of morpholine rings is 1. The van der Waals surface area contributed by atoms with Crippen LogP contribution in [0.2, 0.25) is 0 Å². The van der Waals surface area contributed by atoms with Gasteiger partial charge in [-0.25, -0.2) is 4.79 Å². The van der Waals surface area contributed by atoms with Crippen LogP contribution in [-0.4, -0.2) is 61.7 Å². The molecule has 0 unspecified atom stereocenters. The van der Waals surface area contributed by atoms with Crippen molar-refractivity contribution in [1.82, 2.24) is 9.47 Å². The second-order valence-electron chi connectivity index (χ2n) is 6.47. The Hall–Kier alpha value is -2.29. The molecule has 1 aromatic heterocycles. The summed E-state index contributed by atoms with van der Waals surface area (Å²) >= 11 is 0. The molecular weight excluding hydrogens is 388 g/mol. The fourth-order valence-corrected chi connectivity index (χ4v) is 3.36. The van der Waals surface area contributed by atoms with E-state index in [0.717, 1.165) is 13.1 Å². The van der Waals surface area contributed by atoms with Crippen molar-refractivity contribution in [3.8, 4) is 11.5 Å². The molecule has 1 aromatic carbocycles. The molecule has 0 spiro atoms. The number of fused-ring (bicyclic) bond motifs is 2. The maximum Gasteiger partial charge on any atom is 0.343 e. The van der Waals surface area contributed by atoms with E-state index in [4.69, 9.17) is 18.9 Å². The zero-order chi connectivity index (χ0) is 18.8. The molecule has 0 amide bonds. The maximum atomic E-state index is 12.9. The first-order valence-corrected chi connectivity index (χ1v) is 9.11. The molecule has 0 atom stereocenters. The molecule has 0 bridgehead atoms. The minimum absolute atomic E-state index is 0. The number of carbonyl (C=O) groups excluding carboxylic acids is 1. The lowest BCUT2D eigenvalue weighted by atomic mass is 10.1. The van der Waals surface area contributed by atoms with Gasteiger partial charge in [0.1, 0.15) is 12.2 Å². The van der Waals surface area contributed by atoms with Crippen LogP contribution in [0.25, 0.3) is 10.9 Å². The van der Waals surface area contributed by atoms with E-state index in [9.17, 15) is 9.59 Å². The number of hydrogen-bond acceptors (Lipinski definition) is 7.